The molecule has 2 amide bonds. The molecule has 0 saturated carbocycles. The van der Waals surface area contributed by atoms with Crippen LogP contribution in [0.1, 0.15) is 23.1 Å². The lowest BCUT2D eigenvalue weighted by Crippen LogP contribution is -2.30. The number of halogens is 2. The molecule has 2 aliphatic heterocycles. The number of amides is 2. The van der Waals surface area contributed by atoms with Gasteiger partial charge in [-0.25, -0.2) is 9.18 Å². The number of urea groups is 1. The van der Waals surface area contributed by atoms with Gasteiger partial charge in [-0.2, -0.15) is 0 Å². The van der Waals surface area contributed by atoms with Gasteiger partial charge in [-0.15, -0.1) is 12.4 Å². The van der Waals surface area contributed by atoms with Crippen molar-refractivity contribution in [3.8, 4) is 0 Å². The van der Waals surface area contributed by atoms with Crippen LogP contribution >= 0.6 is 12.4 Å². The number of hydrogen-bond acceptors (Lipinski definition) is 2. The molecule has 0 bridgehead atoms. The summed E-state index contributed by atoms with van der Waals surface area (Å²) in [5.41, 5.74) is 5.19. The van der Waals surface area contributed by atoms with Gasteiger partial charge in [-0.05, 0) is 59.5 Å². The number of carbonyl (C=O) groups is 1. The van der Waals surface area contributed by atoms with E-state index in [4.69, 9.17) is 0 Å². The summed E-state index contributed by atoms with van der Waals surface area (Å²) in [6.07, 6.45) is 3.23. The van der Waals surface area contributed by atoms with Crippen molar-refractivity contribution in [2.75, 3.05) is 18.4 Å². The molecule has 2 aromatic rings. The van der Waals surface area contributed by atoms with E-state index in [1.165, 1.54) is 23.3 Å². The molecule has 2 N–H and O–H groups in total. The second-order valence-electron chi connectivity index (χ2n) is 6.46. The fourth-order valence-corrected chi connectivity index (χ4v) is 3.36. The third kappa shape index (κ3) is 3.89. The first kappa shape index (κ1) is 18.4. The number of hydrogen-bond donors (Lipinski definition) is 2. The highest BCUT2D eigenvalue weighted by molar-refractivity contribution is 5.90. The van der Waals surface area contributed by atoms with E-state index in [-0.39, 0.29) is 24.3 Å². The fraction of sp³-hybridized carbons (Fsp3) is 0.250. The summed E-state index contributed by atoms with van der Waals surface area (Å²) in [5.74, 6) is -0.260. The quantitative estimate of drug-likeness (QED) is 0.829. The van der Waals surface area contributed by atoms with Crippen molar-refractivity contribution in [2.45, 2.75) is 19.5 Å². The van der Waals surface area contributed by atoms with Gasteiger partial charge in [-0.3, -0.25) is 0 Å². The van der Waals surface area contributed by atoms with E-state index in [2.05, 4.69) is 16.7 Å². The Morgan fingerprint density at radius 2 is 1.85 bits per heavy atom. The lowest BCUT2D eigenvalue weighted by atomic mass is 10.0. The predicted octanol–water partition coefficient (Wildman–Crippen LogP) is 4.17. The molecule has 0 fully saturated rings. The highest BCUT2D eigenvalue weighted by Crippen LogP contribution is 2.25. The molecule has 4 rings (SSSR count). The van der Waals surface area contributed by atoms with Crippen molar-refractivity contribution in [1.82, 2.24) is 10.2 Å². The molecular formula is C20H21ClFN3O. The molecule has 0 atom stereocenters. The van der Waals surface area contributed by atoms with Crippen LogP contribution < -0.4 is 10.6 Å². The number of fused-ring (bicyclic) bond motifs is 1. The van der Waals surface area contributed by atoms with Crippen molar-refractivity contribution in [3.05, 3.63) is 71.0 Å². The van der Waals surface area contributed by atoms with Crippen LogP contribution in [0, 0.1) is 5.82 Å². The monoisotopic (exact) mass is 373 g/mol. The van der Waals surface area contributed by atoms with Crippen molar-refractivity contribution < 1.29 is 9.18 Å². The third-order valence-corrected chi connectivity index (χ3v) is 4.75. The van der Waals surface area contributed by atoms with Crippen LogP contribution in [0.2, 0.25) is 0 Å². The summed E-state index contributed by atoms with van der Waals surface area (Å²) in [7, 11) is 0. The van der Waals surface area contributed by atoms with Crippen LogP contribution in [-0.2, 0) is 13.1 Å². The SMILES string of the molecule is Cl.O=C(Nc1ccc(C2=CCNCC2)cc1)N1Cc2ccc(F)cc2C1. The summed E-state index contributed by atoms with van der Waals surface area (Å²) < 4.78 is 13.3. The van der Waals surface area contributed by atoms with Crippen LogP contribution in [0.3, 0.4) is 0 Å². The van der Waals surface area contributed by atoms with Gasteiger partial charge in [0.1, 0.15) is 5.82 Å². The Labute approximate surface area is 158 Å². The number of anilines is 1. The minimum atomic E-state index is -0.260. The molecule has 0 aromatic heterocycles. The predicted molar refractivity (Wildman–Crippen MR) is 104 cm³/mol. The van der Waals surface area contributed by atoms with E-state index in [1.54, 1.807) is 11.0 Å². The van der Waals surface area contributed by atoms with Gasteiger partial charge in [0.2, 0.25) is 0 Å². The number of nitrogens with one attached hydrogen (secondary N) is 2. The molecule has 0 saturated heterocycles. The summed E-state index contributed by atoms with van der Waals surface area (Å²) in [6, 6.07) is 12.5. The highest BCUT2D eigenvalue weighted by atomic mass is 35.5. The Hall–Kier alpha value is -2.37. The molecule has 136 valence electrons. The van der Waals surface area contributed by atoms with E-state index >= 15 is 0 Å². The minimum Gasteiger partial charge on any atom is -0.316 e. The van der Waals surface area contributed by atoms with E-state index in [0.717, 1.165) is 36.3 Å². The van der Waals surface area contributed by atoms with Gasteiger partial charge in [-0.1, -0.05) is 24.3 Å². The average Bonchev–Trinajstić information content (AvgIpc) is 3.06. The van der Waals surface area contributed by atoms with Gasteiger partial charge in [0.25, 0.3) is 0 Å². The molecule has 0 unspecified atom stereocenters. The number of benzene rings is 2. The smallest absolute Gasteiger partial charge is 0.316 e. The maximum atomic E-state index is 13.3. The van der Waals surface area contributed by atoms with Crippen LogP contribution in [0.5, 0.6) is 0 Å². The van der Waals surface area contributed by atoms with Crippen molar-refractivity contribution in [2.24, 2.45) is 0 Å². The maximum absolute atomic E-state index is 13.3. The number of rotatable bonds is 2. The molecule has 4 nitrogen and oxygen atoms in total. The lowest BCUT2D eigenvalue weighted by Gasteiger charge is -2.17. The minimum absolute atomic E-state index is 0. The van der Waals surface area contributed by atoms with Crippen LogP contribution in [-0.4, -0.2) is 24.0 Å². The summed E-state index contributed by atoms with van der Waals surface area (Å²) in [5, 5.41) is 6.23. The zero-order chi connectivity index (χ0) is 17.2. The van der Waals surface area contributed by atoms with E-state index in [9.17, 15) is 9.18 Å². The molecule has 0 aliphatic carbocycles. The average molecular weight is 374 g/mol. The zero-order valence-corrected chi connectivity index (χ0v) is 15.1. The summed E-state index contributed by atoms with van der Waals surface area (Å²) in [4.78, 5) is 14.1. The van der Waals surface area contributed by atoms with Gasteiger partial charge in [0.15, 0.2) is 0 Å². The van der Waals surface area contributed by atoms with Gasteiger partial charge in [0, 0.05) is 25.3 Å². The number of carbonyl (C=O) groups excluding carboxylic acids is 1. The number of nitrogens with zero attached hydrogens (tertiary/aromatic N) is 1. The van der Waals surface area contributed by atoms with Crippen molar-refractivity contribution >= 4 is 29.7 Å². The Kier molecular flexibility index (Phi) is 5.59. The first-order valence-corrected chi connectivity index (χ1v) is 8.52. The molecule has 2 aliphatic rings. The first-order valence-electron chi connectivity index (χ1n) is 8.52. The van der Waals surface area contributed by atoms with E-state index < -0.39 is 0 Å². The van der Waals surface area contributed by atoms with Gasteiger partial charge in [0.05, 0.1) is 0 Å². The maximum Gasteiger partial charge on any atom is 0.322 e. The molecule has 2 heterocycles. The molecule has 26 heavy (non-hydrogen) atoms. The second-order valence-corrected chi connectivity index (χ2v) is 6.46. The van der Waals surface area contributed by atoms with E-state index in [0.29, 0.717) is 13.1 Å². The van der Waals surface area contributed by atoms with E-state index in [1.807, 2.05) is 24.3 Å². The first-order chi connectivity index (χ1) is 12.2. The van der Waals surface area contributed by atoms with Crippen LogP contribution in [0.15, 0.2) is 48.5 Å². The third-order valence-electron chi connectivity index (χ3n) is 4.75. The van der Waals surface area contributed by atoms with Gasteiger partial charge < -0.3 is 15.5 Å². The molecule has 6 heteroatoms. The molecular weight excluding hydrogens is 353 g/mol. The van der Waals surface area contributed by atoms with Crippen LogP contribution in [0.4, 0.5) is 14.9 Å². The second kappa shape index (κ2) is 7.89. The standard InChI is InChI=1S/C20H20FN3O.ClH/c21-18-4-1-16-12-24(13-17(16)11-18)20(25)23-19-5-2-14(3-6-19)15-7-9-22-10-8-15;/h1-7,11,22H,8-10,12-13H2,(H,23,25);1H. The topological polar surface area (TPSA) is 44.4 Å². The Balaban J connectivity index is 0.00000196. The van der Waals surface area contributed by atoms with Crippen LogP contribution in [0.25, 0.3) is 5.57 Å². The summed E-state index contributed by atoms with van der Waals surface area (Å²) in [6.45, 7) is 2.86. The fourth-order valence-electron chi connectivity index (χ4n) is 3.36. The molecule has 0 radical (unpaired) electrons. The van der Waals surface area contributed by atoms with Crippen molar-refractivity contribution in [1.29, 1.82) is 0 Å². The summed E-state index contributed by atoms with van der Waals surface area (Å²) >= 11 is 0. The zero-order valence-electron chi connectivity index (χ0n) is 14.3. The normalized spacial score (nSPS) is 15.7. The molecule has 2 aromatic carbocycles. The Morgan fingerprint density at radius 1 is 1.08 bits per heavy atom. The highest BCUT2D eigenvalue weighted by Gasteiger charge is 2.23. The van der Waals surface area contributed by atoms with Crippen molar-refractivity contribution in [3.63, 3.8) is 0 Å². The lowest BCUT2D eigenvalue weighted by molar-refractivity contribution is 0.212. The molecule has 0 spiro atoms. The van der Waals surface area contributed by atoms with Gasteiger partial charge >= 0.3 is 6.03 Å². The largest absolute Gasteiger partial charge is 0.322 e. The Bertz CT molecular complexity index is 835. The Morgan fingerprint density at radius 3 is 2.58 bits per heavy atom.